The highest BCUT2D eigenvalue weighted by molar-refractivity contribution is 5.63. The van der Waals surface area contributed by atoms with E-state index in [-0.39, 0.29) is 11.6 Å². The van der Waals surface area contributed by atoms with Crippen LogP contribution >= 0.6 is 0 Å². The zero-order valence-corrected chi connectivity index (χ0v) is 14.4. The van der Waals surface area contributed by atoms with Crippen molar-refractivity contribution in [2.45, 2.75) is 59.0 Å². The Bertz CT molecular complexity index is 787. The quantitative estimate of drug-likeness (QED) is 0.938. The molecule has 1 aliphatic carbocycles. The standard InChI is InChI=1S/C20H26N2O/c1-13(2)22-19(10-14(3)18(12-21)20(22)23)17-9-8-15-6-4-5-7-16(15)11-17/h8-11,13H,4-7,12,21H2,1-3H3. The Labute approximate surface area is 138 Å². The summed E-state index contributed by atoms with van der Waals surface area (Å²) in [5.41, 5.74) is 12.6. The number of rotatable bonds is 3. The van der Waals surface area contributed by atoms with Crippen LogP contribution in [0.3, 0.4) is 0 Å². The summed E-state index contributed by atoms with van der Waals surface area (Å²) in [6, 6.07) is 8.92. The normalized spacial score (nSPS) is 14.1. The molecule has 2 aromatic rings. The van der Waals surface area contributed by atoms with Crippen molar-refractivity contribution < 1.29 is 0 Å². The van der Waals surface area contributed by atoms with Crippen LogP contribution in [0.15, 0.2) is 29.1 Å². The summed E-state index contributed by atoms with van der Waals surface area (Å²) in [6.07, 6.45) is 4.87. The molecule has 0 atom stereocenters. The van der Waals surface area contributed by atoms with E-state index in [1.54, 1.807) is 0 Å². The Balaban J connectivity index is 2.21. The van der Waals surface area contributed by atoms with Crippen molar-refractivity contribution in [2.75, 3.05) is 0 Å². The van der Waals surface area contributed by atoms with Gasteiger partial charge in [0.15, 0.2) is 0 Å². The molecule has 1 heterocycles. The average Bonchev–Trinajstić information content (AvgIpc) is 2.53. The van der Waals surface area contributed by atoms with Gasteiger partial charge in [-0.2, -0.15) is 0 Å². The van der Waals surface area contributed by atoms with Crippen LogP contribution < -0.4 is 11.3 Å². The lowest BCUT2D eigenvalue weighted by molar-refractivity contribution is 0.578. The fraction of sp³-hybridized carbons (Fsp3) is 0.450. The van der Waals surface area contributed by atoms with Crippen LogP contribution in [0, 0.1) is 6.92 Å². The van der Waals surface area contributed by atoms with Gasteiger partial charge in [0.1, 0.15) is 0 Å². The summed E-state index contributed by atoms with van der Waals surface area (Å²) in [6.45, 7) is 6.38. The lowest BCUT2D eigenvalue weighted by Crippen LogP contribution is -2.29. The number of nitrogens with zero attached hydrogens (tertiary/aromatic N) is 1. The summed E-state index contributed by atoms with van der Waals surface area (Å²) >= 11 is 0. The zero-order chi connectivity index (χ0) is 16.6. The second kappa shape index (κ2) is 6.32. The van der Waals surface area contributed by atoms with Gasteiger partial charge in [0.2, 0.25) is 0 Å². The third-order valence-electron chi connectivity index (χ3n) is 4.93. The molecular weight excluding hydrogens is 284 g/mol. The third-order valence-corrected chi connectivity index (χ3v) is 4.93. The lowest BCUT2D eigenvalue weighted by atomic mass is 9.89. The Kier molecular flexibility index (Phi) is 4.40. The Morgan fingerprint density at radius 2 is 1.83 bits per heavy atom. The van der Waals surface area contributed by atoms with Gasteiger partial charge >= 0.3 is 0 Å². The van der Waals surface area contributed by atoms with Crippen LogP contribution in [0.25, 0.3) is 11.3 Å². The van der Waals surface area contributed by atoms with Crippen molar-refractivity contribution in [1.29, 1.82) is 0 Å². The molecule has 0 amide bonds. The number of benzene rings is 1. The fourth-order valence-corrected chi connectivity index (χ4v) is 3.66. The minimum atomic E-state index is 0.0511. The first kappa shape index (κ1) is 16.0. The molecule has 3 nitrogen and oxygen atoms in total. The van der Waals surface area contributed by atoms with Crippen LogP contribution in [0.1, 0.15) is 55.0 Å². The summed E-state index contributed by atoms with van der Waals surface area (Å²) in [7, 11) is 0. The summed E-state index contributed by atoms with van der Waals surface area (Å²) < 4.78 is 1.89. The number of pyridine rings is 1. The van der Waals surface area contributed by atoms with Gasteiger partial charge in [-0.15, -0.1) is 0 Å². The number of aryl methyl sites for hydroxylation is 3. The van der Waals surface area contributed by atoms with Crippen molar-refractivity contribution in [3.8, 4) is 11.3 Å². The molecule has 0 bridgehead atoms. The van der Waals surface area contributed by atoms with Gasteiger partial charge in [0.25, 0.3) is 5.56 Å². The van der Waals surface area contributed by atoms with E-state index in [0.717, 1.165) is 28.8 Å². The van der Waals surface area contributed by atoms with Gasteiger partial charge in [0.05, 0.1) is 5.69 Å². The average molecular weight is 310 g/mol. The van der Waals surface area contributed by atoms with E-state index in [1.165, 1.54) is 30.4 Å². The molecule has 0 fully saturated rings. The lowest BCUT2D eigenvalue weighted by Gasteiger charge is -2.22. The number of nitrogens with two attached hydrogens (primary N) is 1. The summed E-state index contributed by atoms with van der Waals surface area (Å²) in [4.78, 5) is 12.8. The minimum Gasteiger partial charge on any atom is -0.326 e. The smallest absolute Gasteiger partial charge is 0.256 e. The highest BCUT2D eigenvalue weighted by Gasteiger charge is 2.17. The van der Waals surface area contributed by atoms with E-state index in [0.29, 0.717) is 6.54 Å². The van der Waals surface area contributed by atoms with Crippen molar-refractivity contribution in [1.82, 2.24) is 4.57 Å². The Morgan fingerprint density at radius 1 is 1.13 bits per heavy atom. The van der Waals surface area contributed by atoms with Crippen molar-refractivity contribution in [3.05, 3.63) is 56.9 Å². The van der Waals surface area contributed by atoms with E-state index in [4.69, 9.17) is 5.73 Å². The van der Waals surface area contributed by atoms with Crippen LogP contribution in [0.4, 0.5) is 0 Å². The fourth-order valence-electron chi connectivity index (χ4n) is 3.66. The van der Waals surface area contributed by atoms with Gasteiger partial charge in [-0.3, -0.25) is 4.79 Å². The van der Waals surface area contributed by atoms with E-state index >= 15 is 0 Å². The van der Waals surface area contributed by atoms with Crippen LogP contribution in [-0.2, 0) is 19.4 Å². The molecule has 3 heteroatoms. The van der Waals surface area contributed by atoms with E-state index in [9.17, 15) is 4.79 Å². The third kappa shape index (κ3) is 2.86. The summed E-state index contributed by atoms with van der Waals surface area (Å²) in [5.74, 6) is 0. The molecule has 0 radical (unpaired) electrons. The van der Waals surface area contributed by atoms with E-state index in [2.05, 4.69) is 38.1 Å². The molecule has 1 aromatic carbocycles. The van der Waals surface area contributed by atoms with E-state index in [1.807, 2.05) is 11.5 Å². The minimum absolute atomic E-state index is 0.0511. The largest absolute Gasteiger partial charge is 0.326 e. The molecule has 2 N–H and O–H groups in total. The highest BCUT2D eigenvalue weighted by atomic mass is 16.1. The number of hydrogen-bond donors (Lipinski definition) is 1. The second-order valence-electron chi connectivity index (χ2n) is 6.85. The molecule has 0 saturated heterocycles. The molecule has 0 saturated carbocycles. The first-order valence-electron chi connectivity index (χ1n) is 8.60. The first-order valence-corrected chi connectivity index (χ1v) is 8.60. The summed E-state index contributed by atoms with van der Waals surface area (Å²) in [5, 5.41) is 0. The van der Waals surface area contributed by atoms with Gasteiger partial charge in [-0.1, -0.05) is 12.1 Å². The maximum absolute atomic E-state index is 12.8. The molecule has 122 valence electrons. The van der Waals surface area contributed by atoms with Crippen molar-refractivity contribution in [3.63, 3.8) is 0 Å². The maximum atomic E-state index is 12.8. The number of aromatic nitrogens is 1. The van der Waals surface area contributed by atoms with Crippen LogP contribution in [-0.4, -0.2) is 4.57 Å². The van der Waals surface area contributed by atoms with Gasteiger partial charge in [-0.25, -0.2) is 0 Å². The van der Waals surface area contributed by atoms with Gasteiger partial charge in [0, 0.05) is 18.2 Å². The van der Waals surface area contributed by atoms with Crippen LogP contribution in [0.2, 0.25) is 0 Å². The Hall–Kier alpha value is -1.87. The zero-order valence-electron chi connectivity index (χ0n) is 14.4. The molecule has 1 aliphatic rings. The second-order valence-corrected chi connectivity index (χ2v) is 6.85. The van der Waals surface area contributed by atoms with Crippen molar-refractivity contribution in [2.24, 2.45) is 5.73 Å². The molecular formula is C20H26N2O. The highest BCUT2D eigenvalue weighted by Crippen LogP contribution is 2.29. The molecule has 23 heavy (non-hydrogen) atoms. The van der Waals surface area contributed by atoms with Crippen LogP contribution in [0.5, 0.6) is 0 Å². The molecule has 0 unspecified atom stereocenters. The molecule has 0 aliphatic heterocycles. The number of fused-ring (bicyclic) bond motifs is 1. The monoisotopic (exact) mass is 310 g/mol. The van der Waals surface area contributed by atoms with Gasteiger partial charge in [-0.05, 0) is 80.8 Å². The molecule has 1 aromatic heterocycles. The molecule has 3 rings (SSSR count). The van der Waals surface area contributed by atoms with E-state index < -0.39 is 0 Å². The molecule has 0 spiro atoms. The predicted octanol–water partition coefficient (Wildman–Crippen LogP) is 3.74. The first-order chi connectivity index (χ1) is 11.0. The Morgan fingerprint density at radius 3 is 2.48 bits per heavy atom. The predicted molar refractivity (Wildman–Crippen MR) is 95.8 cm³/mol. The topological polar surface area (TPSA) is 48.0 Å². The number of hydrogen-bond acceptors (Lipinski definition) is 2. The maximum Gasteiger partial charge on any atom is 0.256 e. The van der Waals surface area contributed by atoms with Crippen molar-refractivity contribution >= 4 is 0 Å². The van der Waals surface area contributed by atoms with Gasteiger partial charge < -0.3 is 10.3 Å². The SMILES string of the molecule is Cc1cc(-c2ccc3c(c2)CCCC3)n(C(C)C)c(=O)c1CN.